The largest absolute Gasteiger partial charge is 0.467 e. The summed E-state index contributed by atoms with van der Waals surface area (Å²) in [5, 5.41) is 6.41. The Hall–Kier alpha value is -2.08. The van der Waals surface area contributed by atoms with E-state index >= 15 is 0 Å². The second-order valence-electron chi connectivity index (χ2n) is 4.44. The minimum atomic E-state index is 0.412. The van der Waals surface area contributed by atoms with Crippen LogP contribution in [0.2, 0.25) is 0 Å². The standard InChI is InChI=1S/C13H19N5O/c1-10(6-14)7-15-12-5-13(18-9-17-12)16-8-11-3-2-4-19-11/h2-5,9-10H,6-8,14H2,1H3,(H2,15,16,17,18). The van der Waals surface area contributed by atoms with Crippen molar-refractivity contribution in [1.29, 1.82) is 0 Å². The van der Waals surface area contributed by atoms with E-state index < -0.39 is 0 Å². The third-order valence-corrected chi connectivity index (χ3v) is 2.72. The monoisotopic (exact) mass is 261 g/mol. The topological polar surface area (TPSA) is 89.0 Å². The Balaban J connectivity index is 1.87. The molecular weight excluding hydrogens is 242 g/mol. The van der Waals surface area contributed by atoms with E-state index in [1.165, 1.54) is 6.33 Å². The highest BCUT2D eigenvalue weighted by atomic mass is 16.3. The number of nitrogens with one attached hydrogen (secondary N) is 2. The maximum atomic E-state index is 5.57. The molecule has 2 aromatic heterocycles. The number of furan rings is 1. The molecule has 0 saturated heterocycles. The van der Waals surface area contributed by atoms with Gasteiger partial charge < -0.3 is 20.8 Å². The van der Waals surface area contributed by atoms with Crippen molar-refractivity contribution in [2.75, 3.05) is 23.7 Å². The first-order valence-electron chi connectivity index (χ1n) is 6.30. The molecule has 6 nitrogen and oxygen atoms in total. The van der Waals surface area contributed by atoms with Gasteiger partial charge in [0.2, 0.25) is 0 Å². The van der Waals surface area contributed by atoms with Crippen LogP contribution in [-0.2, 0) is 6.54 Å². The summed E-state index contributed by atoms with van der Waals surface area (Å²) < 4.78 is 5.24. The van der Waals surface area contributed by atoms with Crippen LogP contribution < -0.4 is 16.4 Å². The fraction of sp³-hybridized carbons (Fsp3) is 0.385. The fourth-order valence-corrected chi connectivity index (χ4v) is 1.50. The van der Waals surface area contributed by atoms with Gasteiger partial charge in [0.15, 0.2) is 0 Å². The first-order chi connectivity index (χ1) is 9.28. The van der Waals surface area contributed by atoms with E-state index in [9.17, 15) is 0 Å². The molecule has 4 N–H and O–H groups in total. The Morgan fingerprint density at radius 2 is 2.11 bits per heavy atom. The molecule has 102 valence electrons. The molecule has 1 atom stereocenters. The smallest absolute Gasteiger partial charge is 0.131 e. The molecule has 2 rings (SSSR count). The highest BCUT2D eigenvalue weighted by molar-refractivity contribution is 5.46. The summed E-state index contributed by atoms with van der Waals surface area (Å²) in [6.07, 6.45) is 3.18. The summed E-state index contributed by atoms with van der Waals surface area (Å²) >= 11 is 0. The van der Waals surface area contributed by atoms with Gasteiger partial charge in [0.1, 0.15) is 23.7 Å². The zero-order valence-electron chi connectivity index (χ0n) is 11.0. The van der Waals surface area contributed by atoms with E-state index in [0.717, 1.165) is 23.9 Å². The summed E-state index contributed by atoms with van der Waals surface area (Å²) in [6.45, 7) is 4.14. The van der Waals surface area contributed by atoms with Crippen molar-refractivity contribution in [3.8, 4) is 0 Å². The first kappa shape index (κ1) is 13.4. The number of hydrogen-bond acceptors (Lipinski definition) is 6. The molecule has 0 aromatic carbocycles. The number of hydrogen-bond donors (Lipinski definition) is 3. The number of anilines is 2. The molecule has 0 fully saturated rings. The molecule has 0 spiro atoms. The van der Waals surface area contributed by atoms with Gasteiger partial charge in [0.25, 0.3) is 0 Å². The zero-order valence-corrected chi connectivity index (χ0v) is 11.0. The van der Waals surface area contributed by atoms with Gasteiger partial charge in [-0.3, -0.25) is 0 Å². The maximum Gasteiger partial charge on any atom is 0.131 e. The van der Waals surface area contributed by atoms with Gasteiger partial charge in [0.05, 0.1) is 12.8 Å². The number of aromatic nitrogens is 2. The third-order valence-electron chi connectivity index (χ3n) is 2.72. The third kappa shape index (κ3) is 4.26. The van der Waals surface area contributed by atoms with Gasteiger partial charge in [-0.25, -0.2) is 9.97 Å². The van der Waals surface area contributed by atoms with Crippen molar-refractivity contribution >= 4 is 11.6 Å². The summed E-state index contributed by atoms with van der Waals surface area (Å²) in [5.41, 5.74) is 5.57. The molecular formula is C13H19N5O. The molecule has 0 aliphatic rings. The van der Waals surface area contributed by atoms with Crippen LogP contribution in [-0.4, -0.2) is 23.1 Å². The molecule has 0 aliphatic heterocycles. The Morgan fingerprint density at radius 1 is 1.32 bits per heavy atom. The fourth-order valence-electron chi connectivity index (χ4n) is 1.50. The lowest BCUT2D eigenvalue weighted by Crippen LogP contribution is -2.20. The minimum Gasteiger partial charge on any atom is -0.467 e. The average molecular weight is 261 g/mol. The lowest BCUT2D eigenvalue weighted by Gasteiger charge is -2.11. The van der Waals surface area contributed by atoms with Gasteiger partial charge in [0, 0.05) is 12.6 Å². The molecule has 0 saturated carbocycles. The second kappa shape index (κ2) is 6.75. The van der Waals surface area contributed by atoms with Gasteiger partial charge in [-0.2, -0.15) is 0 Å². The lowest BCUT2D eigenvalue weighted by atomic mass is 10.2. The van der Waals surface area contributed by atoms with Gasteiger partial charge >= 0.3 is 0 Å². The Labute approximate surface area is 112 Å². The van der Waals surface area contributed by atoms with E-state index in [2.05, 4.69) is 27.5 Å². The van der Waals surface area contributed by atoms with Crippen LogP contribution in [0.15, 0.2) is 35.2 Å². The molecule has 0 radical (unpaired) electrons. The summed E-state index contributed by atoms with van der Waals surface area (Å²) in [7, 11) is 0. The van der Waals surface area contributed by atoms with Crippen LogP contribution in [0.1, 0.15) is 12.7 Å². The normalized spacial score (nSPS) is 12.1. The summed E-state index contributed by atoms with van der Waals surface area (Å²) in [4.78, 5) is 8.32. The van der Waals surface area contributed by atoms with E-state index in [1.807, 2.05) is 18.2 Å². The number of nitrogens with zero attached hydrogens (tertiary/aromatic N) is 2. The molecule has 0 aliphatic carbocycles. The SMILES string of the molecule is CC(CN)CNc1cc(NCc2ccco2)ncn1. The molecule has 2 heterocycles. The van der Waals surface area contributed by atoms with Crippen LogP contribution >= 0.6 is 0 Å². The highest BCUT2D eigenvalue weighted by Gasteiger charge is 2.02. The number of rotatable bonds is 7. The van der Waals surface area contributed by atoms with Gasteiger partial charge in [-0.15, -0.1) is 0 Å². The Morgan fingerprint density at radius 3 is 2.79 bits per heavy atom. The van der Waals surface area contributed by atoms with Crippen molar-refractivity contribution in [3.05, 3.63) is 36.5 Å². The van der Waals surface area contributed by atoms with Crippen LogP contribution in [0.5, 0.6) is 0 Å². The van der Waals surface area contributed by atoms with Gasteiger partial charge in [-0.05, 0) is 24.6 Å². The second-order valence-corrected chi connectivity index (χ2v) is 4.44. The first-order valence-corrected chi connectivity index (χ1v) is 6.30. The van der Waals surface area contributed by atoms with Crippen molar-refractivity contribution in [2.24, 2.45) is 11.7 Å². The Bertz CT molecular complexity index is 486. The van der Waals surface area contributed by atoms with Crippen LogP contribution in [0.4, 0.5) is 11.6 Å². The average Bonchev–Trinajstić information content (AvgIpc) is 2.96. The van der Waals surface area contributed by atoms with Crippen molar-refractivity contribution in [1.82, 2.24) is 9.97 Å². The summed E-state index contributed by atoms with van der Waals surface area (Å²) in [6, 6.07) is 5.64. The zero-order chi connectivity index (χ0) is 13.5. The molecule has 2 aromatic rings. The maximum absolute atomic E-state index is 5.57. The van der Waals surface area contributed by atoms with E-state index in [0.29, 0.717) is 19.0 Å². The van der Waals surface area contributed by atoms with Crippen molar-refractivity contribution in [3.63, 3.8) is 0 Å². The van der Waals surface area contributed by atoms with E-state index in [1.54, 1.807) is 6.26 Å². The summed E-state index contributed by atoms with van der Waals surface area (Å²) in [5.74, 6) is 2.82. The Kier molecular flexibility index (Phi) is 4.74. The lowest BCUT2D eigenvalue weighted by molar-refractivity contribution is 0.518. The molecule has 6 heteroatoms. The van der Waals surface area contributed by atoms with Crippen molar-refractivity contribution in [2.45, 2.75) is 13.5 Å². The predicted octanol–water partition coefficient (Wildman–Crippen LogP) is 1.69. The van der Waals surface area contributed by atoms with E-state index in [4.69, 9.17) is 10.2 Å². The van der Waals surface area contributed by atoms with Crippen LogP contribution in [0.25, 0.3) is 0 Å². The van der Waals surface area contributed by atoms with Crippen LogP contribution in [0.3, 0.4) is 0 Å². The van der Waals surface area contributed by atoms with Crippen molar-refractivity contribution < 1.29 is 4.42 Å². The van der Waals surface area contributed by atoms with E-state index in [-0.39, 0.29) is 0 Å². The number of nitrogens with two attached hydrogens (primary N) is 1. The quantitative estimate of drug-likeness (QED) is 0.703. The predicted molar refractivity (Wildman–Crippen MR) is 74.8 cm³/mol. The molecule has 1 unspecified atom stereocenters. The van der Waals surface area contributed by atoms with Gasteiger partial charge in [-0.1, -0.05) is 6.92 Å². The highest BCUT2D eigenvalue weighted by Crippen LogP contribution is 2.11. The van der Waals surface area contributed by atoms with Crippen LogP contribution in [0, 0.1) is 5.92 Å². The molecule has 0 bridgehead atoms. The molecule has 0 amide bonds. The minimum absolute atomic E-state index is 0.412. The molecule has 19 heavy (non-hydrogen) atoms.